The summed E-state index contributed by atoms with van der Waals surface area (Å²) in [5.41, 5.74) is 2.28. The molecular formula is C19H15FN2O3S. The van der Waals surface area contributed by atoms with Crippen LogP contribution in [0.15, 0.2) is 53.9 Å². The first-order valence-electron chi connectivity index (χ1n) is 7.76. The van der Waals surface area contributed by atoms with Gasteiger partial charge in [0.15, 0.2) is 0 Å². The average molecular weight is 370 g/mol. The molecule has 0 saturated heterocycles. The summed E-state index contributed by atoms with van der Waals surface area (Å²) in [6, 6.07) is 12.6. The van der Waals surface area contributed by atoms with Crippen LogP contribution in [-0.4, -0.2) is 16.9 Å². The Kier molecular flexibility index (Phi) is 5.38. The summed E-state index contributed by atoms with van der Waals surface area (Å²) in [5.74, 6) is -1.03. The standard InChI is InChI=1S/C19H15FN2O3S/c1-12(23)21-16-4-2-3-14(9-16)19(24)25-10-17-11-26-18(22-17)13-5-7-15(20)8-6-13/h2-9,11H,10H2,1H3,(H,21,23). The number of nitrogens with one attached hydrogen (secondary N) is 1. The molecule has 0 fully saturated rings. The monoisotopic (exact) mass is 370 g/mol. The van der Waals surface area contributed by atoms with E-state index in [9.17, 15) is 14.0 Å². The van der Waals surface area contributed by atoms with Crippen LogP contribution < -0.4 is 5.32 Å². The van der Waals surface area contributed by atoms with Crippen molar-refractivity contribution in [2.45, 2.75) is 13.5 Å². The molecule has 1 aromatic heterocycles. The number of rotatable bonds is 5. The predicted octanol–water partition coefficient (Wildman–Crippen LogP) is 4.26. The molecule has 3 aromatic rings. The predicted molar refractivity (Wildman–Crippen MR) is 97.4 cm³/mol. The van der Waals surface area contributed by atoms with Crippen LogP contribution >= 0.6 is 11.3 Å². The minimum absolute atomic E-state index is 0.0287. The van der Waals surface area contributed by atoms with Crippen LogP contribution in [-0.2, 0) is 16.1 Å². The van der Waals surface area contributed by atoms with Gasteiger partial charge in [0.25, 0.3) is 0 Å². The first-order valence-corrected chi connectivity index (χ1v) is 8.64. The number of thiazole rings is 1. The van der Waals surface area contributed by atoms with Crippen LogP contribution in [0.25, 0.3) is 10.6 Å². The second-order valence-electron chi connectivity index (χ2n) is 5.49. The molecule has 0 aliphatic rings. The van der Waals surface area contributed by atoms with Crippen molar-refractivity contribution in [2.24, 2.45) is 0 Å². The first-order chi connectivity index (χ1) is 12.5. The van der Waals surface area contributed by atoms with Gasteiger partial charge >= 0.3 is 5.97 Å². The van der Waals surface area contributed by atoms with Crippen LogP contribution in [0.3, 0.4) is 0 Å². The van der Waals surface area contributed by atoms with Crippen molar-refractivity contribution >= 4 is 28.9 Å². The lowest BCUT2D eigenvalue weighted by molar-refractivity contribution is -0.114. The number of anilines is 1. The maximum Gasteiger partial charge on any atom is 0.338 e. The number of esters is 1. The summed E-state index contributed by atoms with van der Waals surface area (Å²) in [5, 5.41) is 5.13. The highest BCUT2D eigenvalue weighted by Crippen LogP contribution is 2.24. The first kappa shape index (κ1) is 17.8. The Morgan fingerprint density at radius 3 is 2.69 bits per heavy atom. The van der Waals surface area contributed by atoms with E-state index in [1.807, 2.05) is 0 Å². The molecule has 0 spiro atoms. The Hall–Kier alpha value is -3.06. The largest absolute Gasteiger partial charge is 0.456 e. The number of carbonyl (C=O) groups is 2. The van der Waals surface area contributed by atoms with Crippen molar-refractivity contribution in [2.75, 3.05) is 5.32 Å². The summed E-state index contributed by atoms with van der Waals surface area (Å²) in [6.45, 7) is 1.42. The highest BCUT2D eigenvalue weighted by Gasteiger charge is 2.11. The molecule has 1 amide bonds. The minimum Gasteiger partial charge on any atom is -0.456 e. The third-order valence-electron chi connectivity index (χ3n) is 3.41. The number of aromatic nitrogens is 1. The van der Waals surface area contributed by atoms with E-state index < -0.39 is 5.97 Å². The summed E-state index contributed by atoms with van der Waals surface area (Å²) in [4.78, 5) is 27.7. The fraction of sp³-hybridized carbons (Fsp3) is 0.105. The Bertz CT molecular complexity index is 938. The van der Waals surface area contributed by atoms with E-state index in [2.05, 4.69) is 10.3 Å². The molecule has 26 heavy (non-hydrogen) atoms. The van der Waals surface area contributed by atoms with E-state index >= 15 is 0 Å². The molecular weight excluding hydrogens is 355 g/mol. The lowest BCUT2D eigenvalue weighted by Crippen LogP contribution is -2.09. The van der Waals surface area contributed by atoms with Gasteiger partial charge in [-0.15, -0.1) is 11.3 Å². The summed E-state index contributed by atoms with van der Waals surface area (Å²) in [6.07, 6.45) is 0. The Balaban J connectivity index is 1.63. The van der Waals surface area contributed by atoms with Gasteiger partial charge in [0.2, 0.25) is 5.91 Å². The van der Waals surface area contributed by atoms with Gasteiger partial charge in [0.1, 0.15) is 17.4 Å². The van der Waals surface area contributed by atoms with Crippen molar-refractivity contribution in [1.82, 2.24) is 4.98 Å². The number of nitrogens with zero attached hydrogens (tertiary/aromatic N) is 1. The fourth-order valence-electron chi connectivity index (χ4n) is 2.25. The van der Waals surface area contributed by atoms with Crippen molar-refractivity contribution in [3.63, 3.8) is 0 Å². The third-order valence-corrected chi connectivity index (χ3v) is 4.35. The van der Waals surface area contributed by atoms with Gasteiger partial charge in [0, 0.05) is 23.6 Å². The summed E-state index contributed by atoms with van der Waals surface area (Å²) >= 11 is 1.39. The molecule has 0 aliphatic heterocycles. The molecule has 0 atom stereocenters. The van der Waals surface area contributed by atoms with Crippen LogP contribution in [0.2, 0.25) is 0 Å². The van der Waals surface area contributed by atoms with Gasteiger partial charge in [-0.3, -0.25) is 4.79 Å². The molecule has 7 heteroatoms. The molecule has 1 heterocycles. The molecule has 3 rings (SSSR count). The molecule has 0 aliphatic carbocycles. The maximum atomic E-state index is 13.0. The van der Waals surface area contributed by atoms with Crippen LogP contribution in [0, 0.1) is 5.82 Å². The van der Waals surface area contributed by atoms with Gasteiger partial charge in [-0.2, -0.15) is 0 Å². The zero-order valence-electron chi connectivity index (χ0n) is 13.9. The Morgan fingerprint density at radius 2 is 1.96 bits per heavy atom. The lowest BCUT2D eigenvalue weighted by Gasteiger charge is -2.06. The molecule has 5 nitrogen and oxygen atoms in total. The van der Waals surface area contributed by atoms with Gasteiger partial charge in [-0.1, -0.05) is 6.07 Å². The minimum atomic E-state index is -0.506. The van der Waals surface area contributed by atoms with E-state index in [-0.39, 0.29) is 18.3 Å². The molecule has 0 bridgehead atoms. The third kappa shape index (κ3) is 4.52. The zero-order valence-corrected chi connectivity index (χ0v) is 14.7. The lowest BCUT2D eigenvalue weighted by atomic mass is 10.2. The second-order valence-corrected chi connectivity index (χ2v) is 6.35. The van der Waals surface area contributed by atoms with E-state index in [4.69, 9.17) is 4.74 Å². The number of hydrogen-bond donors (Lipinski definition) is 1. The van der Waals surface area contributed by atoms with Crippen molar-refractivity contribution in [3.05, 3.63) is 71.0 Å². The topological polar surface area (TPSA) is 68.3 Å². The molecule has 132 valence electrons. The highest BCUT2D eigenvalue weighted by molar-refractivity contribution is 7.13. The second kappa shape index (κ2) is 7.88. The van der Waals surface area contributed by atoms with E-state index in [0.29, 0.717) is 16.9 Å². The van der Waals surface area contributed by atoms with E-state index in [1.165, 1.54) is 30.4 Å². The SMILES string of the molecule is CC(=O)Nc1cccc(C(=O)OCc2csc(-c3ccc(F)cc3)n2)c1. The summed E-state index contributed by atoms with van der Waals surface area (Å²) < 4.78 is 18.3. The van der Waals surface area contributed by atoms with E-state index in [0.717, 1.165) is 10.6 Å². The number of hydrogen-bond acceptors (Lipinski definition) is 5. The Labute approximate surface area is 153 Å². The van der Waals surface area contributed by atoms with Crippen molar-refractivity contribution in [1.29, 1.82) is 0 Å². The highest BCUT2D eigenvalue weighted by atomic mass is 32.1. The Morgan fingerprint density at radius 1 is 1.19 bits per heavy atom. The van der Waals surface area contributed by atoms with E-state index in [1.54, 1.807) is 41.8 Å². The maximum absolute atomic E-state index is 13.0. The number of ether oxygens (including phenoxy) is 1. The van der Waals surface area contributed by atoms with Crippen molar-refractivity contribution in [3.8, 4) is 10.6 Å². The average Bonchev–Trinajstić information content (AvgIpc) is 3.09. The fourth-order valence-corrected chi connectivity index (χ4v) is 3.06. The summed E-state index contributed by atoms with van der Waals surface area (Å²) in [7, 11) is 0. The number of benzene rings is 2. The molecule has 0 radical (unpaired) electrons. The number of amides is 1. The molecule has 0 saturated carbocycles. The van der Waals surface area contributed by atoms with Gasteiger partial charge in [-0.05, 0) is 42.5 Å². The number of carbonyl (C=O) groups excluding carboxylic acids is 2. The van der Waals surface area contributed by atoms with Gasteiger partial charge < -0.3 is 10.1 Å². The van der Waals surface area contributed by atoms with Gasteiger partial charge in [0.05, 0.1) is 11.3 Å². The number of halogens is 1. The van der Waals surface area contributed by atoms with Gasteiger partial charge in [-0.25, -0.2) is 14.2 Å². The molecule has 0 unspecified atom stereocenters. The zero-order chi connectivity index (χ0) is 18.5. The molecule has 2 aromatic carbocycles. The molecule has 1 N–H and O–H groups in total. The quantitative estimate of drug-likeness (QED) is 0.681. The smallest absolute Gasteiger partial charge is 0.338 e. The van der Waals surface area contributed by atoms with Crippen LogP contribution in [0.1, 0.15) is 23.0 Å². The van der Waals surface area contributed by atoms with Crippen LogP contribution in [0.4, 0.5) is 10.1 Å². The van der Waals surface area contributed by atoms with Crippen molar-refractivity contribution < 1.29 is 18.7 Å². The normalized spacial score (nSPS) is 10.4. The van der Waals surface area contributed by atoms with Crippen LogP contribution in [0.5, 0.6) is 0 Å².